The van der Waals surface area contributed by atoms with Crippen molar-refractivity contribution >= 4 is 28.7 Å². The molecular formula is C22H13FN2O5S. The Morgan fingerprint density at radius 3 is 2.71 bits per heavy atom. The molecule has 154 valence electrons. The molecule has 0 aliphatic rings. The van der Waals surface area contributed by atoms with Gasteiger partial charge in [-0.05, 0) is 36.4 Å². The molecule has 2 aromatic carbocycles. The van der Waals surface area contributed by atoms with Crippen molar-refractivity contribution < 1.29 is 22.8 Å². The summed E-state index contributed by atoms with van der Waals surface area (Å²) in [6, 6.07) is 14.0. The number of ether oxygens (including phenoxy) is 1. The standard InChI is InChI=1S/C22H13FN2O5S/c23-16-9-7-14(8-10-16)19-24-25-22(30-19)31-12-4-3-11-28-20(26)17-13-15-5-1-2-6-18(15)29-21(17)27/h1-2,5-10,13H,11-12H2. The molecule has 9 heteroatoms. The van der Waals surface area contributed by atoms with E-state index in [2.05, 4.69) is 22.0 Å². The van der Waals surface area contributed by atoms with E-state index in [1.807, 2.05) is 0 Å². The average Bonchev–Trinajstić information content (AvgIpc) is 3.25. The van der Waals surface area contributed by atoms with Gasteiger partial charge in [-0.2, -0.15) is 0 Å². The van der Waals surface area contributed by atoms with Crippen LogP contribution in [0.3, 0.4) is 0 Å². The van der Waals surface area contributed by atoms with Crippen LogP contribution in [0.4, 0.5) is 4.39 Å². The minimum atomic E-state index is -0.803. The topological polar surface area (TPSA) is 95.4 Å². The third-order valence-corrected chi connectivity index (χ3v) is 4.73. The number of hydrogen-bond donors (Lipinski definition) is 0. The van der Waals surface area contributed by atoms with Gasteiger partial charge in [0.25, 0.3) is 5.22 Å². The summed E-state index contributed by atoms with van der Waals surface area (Å²) in [4.78, 5) is 24.0. The molecule has 0 spiro atoms. The maximum absolute atomic E-state index is 13.0. The van der Waals surface area contributed by atoms with E-state index >= 15 is 0 Å². The van der Waals surface area contributed by atoms with Crippen LogP contribution in [0.15, 0.2) is 73.4 Å². The minimum absolute atomic E-state index is 0.184. The lowest BCUT2D eigenvalue weighted by molar-refractivity contribution is 0.0552. The first-order valence-electron chi connectivity index (χ1n) is 8.98. The SMILES string of the molecule is O=C(OCC#CCSc1nnc(-c2ccc(F)cc2)o1)c1cc2ccccc2oc1=O. The number of carbonyl (C=O) groups excluding carboxylic acids is 1. The maximum Gasteiger partial charge on any atom is 0.351 e. The van der Waals surface area contributed by atoms with Gasteiger partial charge in [-0.3, -0.25) is 0 Å². The second-order valence-corrected chi connectivity index (χ2v) is 7.01. The Labute approximate surface area is 179 Å². The Morgan fingerprint density at radius 1 is 1.06 bits per heavy atom. The minimum Gasteiger partial charge on any atom is -0.449 e. The van der Waals surface area contributed by atoms with Crippen molar-refractivity contribution in [1.82, 2.24) is 10.2 Å². The molecule has 0 radical (unpaired) electrons. The molecule has 0 saturated heterocycles. The summed E-state index contributed by atoms with van der Waals surface area (Å²) >= 11 is 1.20. The van der Waals surface area contributed by atoms with Crippen molar-refractivity contribution in [2.45, 2.75) is 5.22 Å². The highest BCUT2D eigenvalue weighted by molar-refractivity contribution is 7.99. The normalized spacial score (nSPS) is 10.5. The number of aromatic nitrogens is 2. The van der Waals surface area contributed by atoms with E-state index < -0.39 is 11.6 Å². The fourth-order valence-electron chi connectivity index (χ4n) is 2.56. The monoisotopic (exact) mass is 436 g/mol. The molecule has 0 unspecified atom stereocenters. The van der Waals surface area contributed by atoms with Gasteiger partial charge in [-0.1, -0.05) is 41.8 Å². The summed E-state index contributed by atoms with van der Waals surface area (Å²) in [5.74, 6) is 4.92. The molecule has 2 heterocycles. The number of fused-ring (bicyclic) bond motifs is 1. The third-order valence-electron chi connectivity index (χ3n) is 4.03. The summed E-state index contributed by atoms with van der Waals surface area (Å²) in [6.07, 6.45) is 0. The van der Waals surface area contributed by atoms with Crippen LogP contribution < -0.4 is 5.63 Å². The number of benzene rings is 2. The van der Waals surface area contributed by atoms with Crippen molar-refractivity contribution in [2.24, 2.45) is 0 Å². The Kier molecular flexibility index (Phi) is 6.10. The van der Waals surface area contributed by atoms with E-state index in [4.69, 9.17) is 13.6 Å². The fourth-order valence-corrected chi connectivity index (χ4v) is 3.09. The summed E-state index contributed by atoms with van der Waals surface area (Å²) in [5.41, 5.74) is 0.0519. The van der Waals surface area contributed by atoms with E-state index in [-0.39, 0.29) is 23.9 Å². The molecule has 0 N–H and O–H groups in total. The van der Waals surface area contributed by atoms with Crippen LogP contribution in [0, 0.1) is 17.7 Å². The quantitative estimate of drug-likeness (QED) is 0.201. The smallest absolute Gasteiger partial charge is 0.351 e. The van der Waals surface area contributed by atoms with E-state index in [0.717, 1.165) is 0 Å². The van der Waals surface area contributed by atoms with Gasteiger partial charge in [0.05, 0.1) is 5.75 Å². The van der Waals surface area contributed by atoms with Crippen molar-refractivity contribution in [1.29, 1.82) is 0 Å². The molecule has 0 amide bonds. The van der Waals surface area contributed by atoms with Gasteiger partial charge in [0.15, 0.2) is 6.61 Å². The number of para-hydroxylation sites is 1. The summed E-state index contributed by atoms with van der Waals surface area (Å²) in [7, 11) is 0. The number of nitrogens with zero attached hydrogens (tertiary/aromatic N) is 2. The van der Waals surface area contributed by atoms with Gasteiger partial charge >= 0.3 is 11.6 Å². The van der Waals surface area contributed by atoms with Gasteiger partial charge < -0.3 is 13.6 Å². The number of carbonyl (C=O) groups is 1. The predicted molar refractivity (Wildman–Crippen MR) is 111 cm³/mol. The number of thioether (sulfide) groups is 1. The van der Waals surface area contributed by atoms with Crippen LogP contribution >= 0.6 is 11.8 Å². The van der Waals surface area contributed by atoms with Crippen molar-refractivity contribution in [2.75, 3.05) is 12.4 Å². The molecule has 0 atom stereocenters. The number of rotatable bonds is 5. The van der Waals surface area contributed by atoms with Crippen molar-refractivity contribution in [3.8, 4) is 23.3 Å². The van der Waals surface area contributed by atoms with E-state index in [9.17, 15) is 14.0 Å². The van der Waals surface area contributed by atoms with Crippen LogP contribution in [0.2, 0.25) is 0 Å². The Hall–Kier alpha value is -3.90. The lowest BCUT2D eigenvalue weighted by Gasteiger charge is -2.01. The molecule has 2 aromatic heterocycles. The highest BCUT2D eigenvalue weighted by atomic mass is 32.2. The zero-order valence-corrected chi connectivity index (χ0v) is 16.6. The maximum atomic E-state index is 13.0. The first-order valence-corrected chi connectivity index (χ1v) is 9.97. The van der Waals surface area contributed by atoms with Crippen LogP contribution in [0.1, 0.15) is 10.4 Å². The molecule has 0 saturated carbocycles. The Balaban J connectivity index is 1.28. The molecule has 0 fully saturated rings. The molecule has 4 rings (SSSR count). The molecule has 0 aliphatic heterocycles. The van der Waals surface area contributed by atoms with Crippen molar-refractivity contribution in [3.63, 3.8) is 0 Å². The molecule has 0 bridgehead atoms. The van der Waals surface area contributed by atoms with Crippen LogP contribution in [-0.2, 0) is 4.74 Å². The van der Waals surface area contributed by atoms with Gasteiger partial charge in [0.1, 0.15) is 17.0 Å². The number of hydrogen-bond acceptors (Lipinski definition) is 8. The molecule has 31 heavy (non-hydrogen) atoms. The summed E-state index contributed by atoms with van der Waals surface area (Å²) < 4.78 is 28.6. The second kappa shape index (κ2) is 9.28. The van der Waals surface area contributed by atoms with E-state index in [1.165, 1.54) is 30.0 Å². The van der Waals surface area contributed by atoms with Gasteiger partial charge in [0.2, 0.25) is 5.89 Å². The molecule has 7 nitrogen and oxygen atoms in total. The Morgan fingerprint density at radius 2 is 1.87 bits per heavy atom. The highest BCUT2D eigenvalue weighted by Gasteiger charge is 2.14. The second-order valence-electron chi connectivity index (χ2n) is 6.08. The summed E-state index contributed by atoms with van der Waals surface area (Å²) in [6.45, 7) is -0.184. The van der Waals surface area contributed by atoms with Crippen LogP contribution in [0.25, 0.3) is 22.4 Å². The predicted octanol–water partition coefficient (Wildman–Crippen LogP) is 3.93. The van der Waals surface area contributed by atoms with E-state index in [0.29, 0.717) is 27.5 Å². The molecule has 4 aromatic rings. The van der Waals surface area contributed by atoms with Crippen LogP contribution in [0.5, 0.6) is 0 Å². The van der Waals surface area contributed by atoms with Crippen molar-refractivity contribution in [3.05, 3.63) is 76.4 Å². The lowest BCUT2D eigenvalue weighted by Crippen LogP contribution is -2.16. The Bertz CT molecular complexity index is 1350. The van der Waals surface area contributed by atoms with Gasteiger partial charge in [0, 0.05) is 10.9 Å². The zero-order chi connectivity index (χ0) is 21.6. The zero-order valence-electron chi connectivity index (χ0n) is 15.8. The molecule has 0 aliphatic carbocycles. The third kappa shape index (κ3) is 4.99. The van der Waals surface area contributed by atoms with Gasteiger partial charge in [-0.25, -0.2) is 14.0 Å². The first-order chi connectivity index (χ1) is 15.1. The van der Waals surface area contributed by atoms with Gasteiger partial charge in [-0.15, -0.1) is 10.2 Å². The summed E-state index contributed by atoms with van der Waals surface area (Å²) in [5, 5.41) is 8.72. The highest BCUT2D eigenvalue weighted by Crippen LogP contribution is 2.23. The molecular weight excluding hydrogens is 423 g/mol. The average molecular weight is 436 g/mol. The lowest BCUT2D eigenvalue weighted by atomic mass is 10.2. The van der Waals surface area contributed by atoms with E-state index in [1.54, 1.807) is 36.4 Å². The largest absolute Gasteiger partial charge is 0.449 e. The van der Waals surface area contributed by atoms with Crippen LogP contribution in [-0.4, -0.2) is 28.5 Å². The fraction of sp³-hybridized carbons (Fsp3) is 0.0909. The number of esters is 1. The number of halogens is 1. The first kappa shape index (κ1) is 20.4.